The van der Waals surface area contributed by atoms with Gasteiger partial charge in [0.2, 0.25) is 0 Å². The van der Waals surface area contributed by atoms with Crippen LogP contribution in [0.3, 0.4) is 0 Å². The molecule has 7 heteroatoms. The molecule has 1 aromatic carbocycles. The van der Waals surface area contributed by atoms with Crippen LogP contribution >= 0.6 is 23.4 Å². The molecule has 0 fully saturated rings. The molecule has 2 aromatic rings. The van der Waals surface area contributed by atoms with Crippen LogP contribution in [0.25, 0.3) is 0 Å². The highest BCUT2D eigenvalue weighted by Gasteiger charge is 2.12. The van der Waals surface area contributed by atoms with E-state index in [1.165, 1.54) is 0 Å². The minimum Gasteiger partial charge on any atom is -0.486 e. The van der Waals surface area contributed by atoms with Crippen molar-refractivity contribution in [1.29, 1.82) is 0 Å². The fraction of sp³-hybridized carbons (Fsp3) is 0.412. The lowest BCUT2D eigenvalue weighted by atomic mass is 10.3. The van der Waals surface area contributed by atoms with Gasteiger partial charge in [0.15, 0.2) is 11.0 Å². The number of halogens is 1. The summed E-state index contributed by atoms with van der Waals surface area (Å²) in [5, 5.41) is 10.0. The average Bonchev–Trinajstić information content (AvgIpc) is 2.93. The molecule has 130 valence electrons. The molecule has 1 aromatic heterocycles. The quantitative estimate of drug-likeness (QED) is 0.357. The molecule has 0 radical (unpaired) electrons. The number of nitrogens with zero attached hydrogens (tertiary/aromatic N) is 3. The van der Waals surface area contributed by atoms with Gasteiger partial charge in [-0.15, -0.1) is 16.8 Å². The summed E-state index contributed by atoms with van der Waals surface area (Å²) in [6, 6.07) is 7.24. The van der Waals surface area contributed by atoms with Gasteiger partial charge in [0, 0.05) is 17.3 Å². The Hall–Kier alpha value is -1.50. The SMILES string of the molecule is C=CCn1c(COc2ccc(Cl)cc2)nnc1SCCOC(C)C. The first kappa shape index (κ1) is 18.8. The van der Waals surface area contributed by atoms with Gasteiger partial charge in [-0.3, -0.25) is 4.57 Å². The van der Waals surface area contributed by atoms with E-state index in [-0.39, 0.29) is 6.10 Å². The van der Waals surface area contributed by atoms with Crippen molar-refractivity contribution in [2.45, 2.75) is 38.3 Å². The van der Waals surface area contributed by atoms with Crippen molar-refractivity contribution in [2.75, 3.05) is 12.4 Å². The van der Waals surface area contributed by atoms with Crippen molar-refractivity contribution in [3.8, 4) is 5.75 Å². The number of hydrogen-bond acceptors (Lipinski definition) is 5. The molecule has 0 N–H and O–H groups in total. The molecule has 0 aliphatic carbocycles. The topological polar surface area (TPSA) is 49.2 Å². The zero-order chi connectivity index (χ0) is 17.4. The average molecular weight is 368 g/mol. The van der Waals surface area contributed by atoms with Crippen LogP contribution in [0.15, 0.2) is 42.1 Å². The normalized spacial score (nSPS) is 11.0. The van der Waals surface area contributed by atoms with E-state index in [1.54, 1.807) is 23.9 Å². The molecule has 0 aliphatic heterocycles. The maximum atomic E-state index is 5.87. The molecule has 0 bridgehead atoms. The lowest BCUT2D eigenvalue weighted by Crippen LogP contribution is -2.09. The first-order valence-corrected chi connectivity index (χ1v) is 9.12. The van der Waals surface area contributed by atoms with Crippen LogP contribution < -0.4 is 4.74 Å². The van der Waals surface area contributed by atoms with Crippen LogP contribution in [0.5, 0.6) is 5.75 Å². The Morgan fingerprint density at radius 3 is 2.71 bits per heavy atom. The third-order valence-electron chi connectivity index (χ3n) is 3.05. The predicted octanol–water partition coefficient (Wildman–Crippen LogP) is 4.21. The maximum Gasteiger partial charge on any atom is 0.191 e. The van der Waals surface area contributed by atoms with Crippen molar-refractivity contribution >= 4 is 23.4 Å². The second-order valence-corrected chi connectivity index (χ2v) is 6.81. The van der Waals surface area contributed by atoms with Crippen molar-refractivity contribution in [3.05, 3.63) is 47.8 Å². The molecule has 0 aliphatic rings. The molecule has 0 saturated heterocycles. The van der Waals surface area contributed by atoms with Crippen LogP contribution in [-0.2, 0) is 17.9 Å². The van der Waals surface area contributed by atoms with Crippen molar-refractivity contribution in [1.82, 2.24) is 14.8 Å². The van der Waals surface area contributed by atoms with Crippen molar-refractivity contribution in [3.63, 3.8) is 0 Å². The van der Waals surface area contributed by atoms with E-state index < -0.39 is 0 Å². The molecular weight excluding hydrogens is 346 g/mol. The zero-order valence-electron chi connectivity index (χ0n) is 13.9. The third-order valence-corrected chi connectivity index (χ3v) is 4.24. The van der Waals surface area contributed by atoms with Gasteiger partial charge < -0.3 is 9.47 Å². The van der Waals surface area contributed by atoms with E-state index in [1.807, 2.05) is 36.6 Å². The lowest BCUT2D eigenvalue weighted by molar-refractivity contribution is 0.0920. The summed E-state index contributed by atoms with van der Waals surface area (Å²) in [4.78, 5) is 0. The molecule has 5 nitrogen and oxygen atoms in total. The summed E-state index contributed by atoms with van der Waals surface area (Å²) in [5.74, 6) is 2.33. The number of benzene rings is 1. The molecule has 2 rings (SSSR count). The molecule has 24 heavy (non-hydrogen) atoms. The van der Waals surface area contributed by atoms with E-state index in [9.17, 15) is 0 Å². The van der Waals surface area contributed by atoms with E-state index in [0.717, 1.165) is 22.5 Å². The minimum absolute atomic E-state index is 0.236. The number of aromatic nitrogens is 3. The van der Waals surface area contributed by atoms with Crippen LogP contribution in [0.2, 0.25) is 5.02 Å². The number of allylic oxidation sites excluding steroid dienone is 1. The van der Waals surface area contributed by atoms with Gasteiger partial charge in [-0.25, -0.2) is 0 Å². The molecule has 0 amide bonds. The highest BCUT2D eigenvalue weighted by Crippen LogP contribution is 2.20. The fourth-order valence-corrected chi connectivity index (χ4v) is 2.86. The Morgan fingerprint density at radius 1 is 1.29 bits per heavy atom. The summed E-state index contributed by atoms with van der Waals surface area (Å²) in [6.45, 7) is 9.51. The van der Waals surface area contributed by atoms with E-state index >= 15 is 0 Å². The monoisotopic (exact) mass is 367 g/mol. The third kappa shape index (κ3) is 5.85. The van der Waals surface area contributed by atoms with Gasteiger partial charge in [0.1, 0.15) is 12.4 Å². The number of hydrogen-bond donors (Lipinski definition) is 0. The molecule has 1 heterocycles. The Labute approximate surface area is 152 Å². The van der Waals surface area contributed by atoms with Crippen molar-refractivity contribution < 1.29 is 9.47 Å². The standard InChI is InChI=1S/C17H22ClN3O2S/c1-4-9-21-16(12-23-15-7-5-14(18)6-8-15)19-20-17(21)24-11-10-22-13(2)3/h4-8,13H,1,9-12H2,2-3H3. The van der Waals surface area contributed by atoms with Crippen LogP contribution in [-0.4, -0.2) is 33.2 Å². The smallest absolute Gasteiger partial charge is 0.191 e. The summed E-state index contributed by atoms with van der Waals surface area (Å²) >= 11 is 7.49. The number of rotatable bonds is 10. The highest BCUT2D eigenvalue weighted by atomic mass is 35.5. The van der Waals surface area contributed by atoms with Gasteiger partial charge >= 0.3 is 0 Å². The lowest BCUT2D eigenvalue weighted by Gasteiger charge is -2.10. The highest BCUT2D eigenvalue weighted by molar-refractivity contribution is 7.99. The van der Waals surface area contributed by atoms with Crippen LogP contribution in [0.4, 0.5) is 0 Å². The summed E-state index contributed by atoms with van der Waals surface area (Å²) in [6.07, 6.45) is 2.06. The number of ether oxygens (including phenoxy) is 2. The summed E-state index contributed by atoms with van der Waals surface area (Å²) < 4.78 is 13.3. The van der Waals surface area contributed by atoms with Crippen molar-refractivity contribution in [2.24, 2.45) is 0 Å². The Bertz CT molecular complexity index is 644. The van der Waals surface area contributed by atoms with Gasteiger partial charge in [-0.1, -0.05) is 29.4 Å². The van der Waals surface area contributed by atoms with Gasteiger partial charge in [-0.2, -0.15) is 0 Å². The van der Waals surface area contributed by atoms with E-state index in [4.69, 9.17) is 21.1 Å². The summed E-state index contributed by atoms with van der Waals surface area (Å²) in [5.41, 5.74) is 0. The Morgan fingerprint density at radius 2 is 2.04 bits per heavy atom. The van der Waals surface area contributed by atoms with Crippen LogP contribution in [0, 0.1) is 0 Å². The predicted molar refractivity (Wildman–Crippen MR) is 97.8 cm³/mol. The zero-order valence-corrected chi connectivity index (χ0v) is 15.5. The van der Waals surface area contributed by atoms with E-state index in [2.05, 4.69) is 16.8 Å². The second-order valence-electron chi connectivity index (χ2n) is 5.31. The molecule has 0 unspecified atom stereocenters. The first-order chi connectivity index (χ1) is 11.6. The maximum absolute atomic E-state index is 5.87. The molecule has 0 atom stereocenters. The first-order valence-electron chi connectivity index (χ1n) is 7.76. The second kappa shape index (κ2) is 9.71. The number of thioether (sulfide) groups is 1. The Kier molecular flexibility index (Phi) is 7.62. The minimum atomic E-state index is 0.236. The van der Waals surface area contributed by atoms with Gasteiger partial charge in [-0.05, 0) is 38.1 Å². The van der Waals surface area contributed by atoms with Crippen LogP contribution in [0.1, 0.15) is 19.7 Å². The molecular formula is C17H22ClN3O2S. The largest absolute Gasteiger partial charge is 0.486 e. The molecule has 0 saturated carbocycles. The summed E-state index contributed by atoms with van der Waals surface area (Å²) in [7, 11) is 0. The molecule has 0 spiro atoms. The van der Waals surface area contributed by atoms with Gasteiger partial charge in [0.05, 0.1) is 12.7 Å². The van der Waals surface area contributed by atoms with E-state index in [0.29, 0.717) is 24.8 Å². The fourth-order valence-electron chi connectivity index (χ4n) is 1.94. The van der Waals surface area contributed by atoms with Gasteiger partial charge in [0.25, 0.3) is 0 Å². The Balaban J connectivity index is 1.96.